The summed E-state index contributed by atoms with van der Waals surface area (Å²) in [7, 11) is 0. The van der Waals surface area contributed by atoms with E-state index in [1.54, 1.807) is 0 Å². The normalized spacial score (nSPS) is 12.5. The molecule has 0 radical (unpaired) electrons. The maximum Gasteiger partial charge on any atom is 0.251 e. The fourth-order valence-electron chi connectivity index (χ4n) is 3.09. The number of nitrogens with zero attached hydrogens (tertiary/aromatic N) is 1. The van der Waals surface area contributed by atoms with Crippen LogP contribution >= 0.6 is 0 Å². The summed E-state index contributed by atoms with van der Waals surface area (Å²) in [5.74, 6) is 2.30. The van der Waals surface area contributed by atoms with Gasteiger partial charge in [0.05, 0.1) is 6.54 Å². The first kappa shape index (κ1) is 21.5. The summed E-state index contributed by atoms with van der Waals surface area (Å²) in [5.41, 5.74) is 2.83. The van der Waals surface area contributed by atoms with Gasteiger partial charge >= 0.3 is 0 Å². The third-order valence-electron chi connectivity index (χ3n) is 4.63. The molecule has 1 aliphatic heterocycles. The average Bonchev–Trinajstić information content (AvgIpc) is 3.24. The summed E-state index contributed by atoms with van der Waals surface area (Å²) in [5, 5.41) is 9.52. The SMILES string of the molecule is CCCNC(=O)c1cccc(CN=C(NCC)NCCc2ccc3c(c2)OCO3)c1. The number of amides is 1. The number of hydrogen-bond donors (Lipinski definition) is 3. The van der Waals surface area contributed by atoms with Gasteiger partial charge in [0.25, 0.3) is 5.91 Å². The molecule has 160 valence electrons. The van der Waals surface area contributed by atoms with Gasteiger partial charge in [-0.15, -0.1) is 0 Å². The van der Waals surface area contributed by atoms with Gasteiger partial charge in [-0.2, -0.15) is 0 Å². The third kappa shape index (κ3) is 6.14. The first-order valence-electron chi connectivity index (χ1n) is 10.5. The van der Waals surface area contributed by atoms with Crippen LogP contribution < -0.4 is 25.4 Å². The summed E-state index contributed by atoms with van der Waals surface area (Å²) in [6, 6.07) is 13.6. The Morgan fingerprint density at radius 2 is 1.83 bits per heavy atom. The summed E-state index contributed by atoms with van der Waals surface area (Å²) in [6.07, 6.45) is 1.76. The number of aliphatic imine (C=N–C) groups is 1. The molecule has 0 aromatic heterocycles. The van der Waals surface area contributed by atoms with E-state index in [0.717, 1.165) is 49.0 Å². The largest absolute Gasteiger partial charge is 0.454 e. The second kappa shape index (κ2) is 11.1. The number of fused-ring (bicyclic) bond motifs is 1. The fraction of sp³-hybridized carbons (Fsp3) is 0.391. The third-order valence-corrected chi connectivity index (χ3v) is 4.63. The standard InChI is InChI=1S/C23H30N4O3/c1-3-11-25-22(28)19-7-5-6-18(13-19)15-27-23(24-4-2)26-12-10-17-8-9-20-21(14-17)30-16-29-20/h5-9,13-14H,3-4,10-12,15-16H2,1-2H3,(H,25,28)(H2,24,26,27). The van der Waals surface area contributed by atoms with Crippen molar-refractivity contribution in [3.63, 3.8) is 0 Å². The van der Waals surface area contributed by atoms with Crippen LogP contribution in [0.5, 0.6) is 11.5 Å². The van der Waals surface area contributed by atoms with Crippen molar-refractivity contribution in [1.29, 1.82) is 0 Å². The number of hydrogen-bond acceptors (Lipinski definition) is 4. The first-order valence-corrected chi connectivity index (χ1v) is 10.5. The smallest absolute Gasteiger partial charge is 0.251 e. The minimum Gasteiger partial charge on any atom is -0.454 e. The van der Waals surface area contributed by atoms with Gasteiger partial charge < -0.3 is 25.4 Å². The zero-order valence-corrected chi connectivity index (χ0v) is 17.7. The van der Waals surface area contributed by atoms with Crippen molar-refractivity contribution in [3.05, 3.63) is 59.2 Å². The van der Waals surface area contributed by atoms with E-state index < -0.39 is 0 Å². The van der Waals surface area contributed by atoms with Crippen LogP contribution in [0.1, 0.15) is 41.8 Å². The fourth-order valence-corrected chi connectivity index (χ4v) is 3.09. The van der Waals surface area contributed by atoms with Gasteiger partial charge in [-0.05, 0) is 55.2 Å². The molecular weight excluding hydrogens is 380 g/mol. The molecule has 0 saturated heterocycles. The molecule has 3 N–H and O–H groups in total. The quantitative estimate of drug-likeness (QED) is 0.437. The van der Waals surface area contributed by atoms with Gasteiger partial charge in [-0.1, -0.05) is 25.1 Å². The van der Waals surface area contributed by atoms with Crippen molar-refractivity contribution in [2.45, 2.75) is 33.2 Å². The molecule has 0 spiro atoms. The lowest BCUT2D eigenvalue weighted by Crippen LogP contribution is -2.38. The Balaban J connectivity index is 1.54. The highest BCUT2D eigenvalue weighted by atomic mass is 16.7. The van der Waals surface area contributed by atoms with E-state index in [1.807, 2.05) is 56.3 Å². The number of benzene rings is 2. The monoisotopic (exact) mass is 410 g/mol. The van der Waals surface area contributed by atoms with Gasteiger partial charge in [0.1, 0.15) is 0 Å². The molecule has 1 heterocycles. The minimum atomic E-state index is -0.0450. The second-order valence-electron chi connectivity index (χ2n) is 7.02. The predicted molar refractivity (Wildman–Crippen MR) is 118 cm³/mol. The van der Waals surface area contributed by atoms with E-state index in [9.17, 15) is 4.79 Å². The lowest BCUT2D eigenvalue weighted by atomic mass is 10.1. The Bertz CT molecular complexity index is 883. The van der Waals surface area contributed by atoms with Gasteiger partial charge in [-0.25, -0.2) is 4.99 Å². The molecule has 2 aromatic rings. The molecule has 1 amide bonds. The Kier molecular flexibility index (Phi) is 7.94. The molecule has 0 atom stereocenters. The van der Waals surface area contributed by atoms with Crippen LogP contribution in [0.15, 0.2) is 47.5 Å². The van der Waals surface area contributed by atoms with Crippen LogP contribution in [0.25, 0.3) is 0 Å². The molecule has 7 heteroatoms. The zero-order valence-electron chi connectivity index (χ0n) is 17.7. The number of carbonyl (C=O) groups is 1. The van der Waals surface area contributed by atoms with Crippen molar-refractivity contribution in [2.75, 3.05) is 26.4 Å². The topological polar surface area (TPSA) is 84.0 Å². The van der Waals surface area contributed by atoms with Gasteiger partial charge in [0.15, 0.2) is 17.5 Å². The Labute approximate surface area is 177 Å². The van der Waals surface area contributed by atoms with E-state index in [-0.39, 0.29) is 12.7 Å². The van der Waals surface area contributed by atoms with Crippen molar-refractivity contribution >= 4 is 11.9 Å². The lowest BCUT2D eigenvalue weighted by molar-refractivity contribution is 0.0953. The predicted octanol–water partition coefficient (Wildman–Crippen LogP) is 2.85. The van der Waals surface area contributed by atoms with E-state index >= 15 is 0 Å². The van der Waals surface area contributed by atoms with Crippen LogP contribution in [0.3, 0.4) is 0 Å². The Morgan fingerprint density at radius 1 is 0.967 bits per heavy atom. The highest BCUT2D eigenvalue weighted by molar-refractivity contribution is 5.94. The summed E-state index contributed by atoms with van der Waals surface area (Å²) < 4.78 is 10.8. The molecule has 0 bridgehead atoms. The van der Waals surface area contributed by atoms with Crippen LogP contribution in [-0.2, 0) is 13.0 Å². The lowest BCUT2D eigenvalue weighted by Gasteiger charge is -2.12. The second-order valence-corrected chi connectivity index (χ2v) is 7.02. The van der Waals surface area contributed by atoms with Crippen molar-refractivity contribution in [2.24, 2.45) is 4.99 Å². The van der Waals surface area contributed by atoms with Gasteiger partial charge in [0.2, 0.25) is 6.79 Å². The van der Waals surface area contributed by atoms with Crippen LogP contribution in [0.4, 0.5) is 0 Å². The van der Waals surface area contributed by atoms with E-state index in [2.05, 4.69) is 20.9 Å². The molecule has 1 aliphatic rings. The number of ether oxygens (including phenoxy) is 2. The molecule has 2 aromatic carbocycles. The van der Waals surface area contributed by atoms with Crippen LogP contribution in [0.2, 0.25) is 0 Å². The maximum absolute atomic E-state index is 12.2. The summed E-state index contributed by atoms with van der Waals surface area (Å²) >= 11 is 0. The molecule has 0 fully saturated rings. The van der Waals surface area contributed by atoms with Crippen molar-refractivity contribution < 1.29 is 14.3 Å². The Morgan fingerprint density at radius 3 is 2.67 bits per heavy atom. The molecule has 3 rings (SSSR count). The van der Waals surface area contributed by atoms with Crippen molar-refractivity contribution in [1.82, 2.24) is 16.0 Å². The average molecular weight is 411 g/mol. The van der Waals surface area contributed by atoms with Gasteiger partial charge in [0, 0.05) is 25.2 Å². The van der Waals surface area contributed by atoms with E-state index in [4.69, 9.17) is 9.47 Å². The number of carbonyl (C=O) groups excluding carboxylic acids is 1. The van der Waals surface area contributed by atoms with Crippen LogP contribution in [-0.4, -0.2) is 38.3 Å². The maximum atomic E-state index is 12.2. The molecule has 0 unspecified atom stereocenters. The zero-order chi connectivity index (χ0) is 21.2. The highest BCUT2D eigenvalue weighted by Gasteiger charge is 2.13. The number of guanidine groups is 1. The number of nitrogens with one attached hydrogen (secondary N) is 3. The Hall–Kier alpha value is -3.22. The minimum absolute atomic E-state index is 0.0450. The van der Waals surface area contributed by atoms with E-state index in [0.29, 0.717) is 18.7 Å². The molecule has 7 nitrogen and oxygen atoms in total. The number of rotatable bonds is 9. The molecule has 0 saturated carbocycles. The summed E-state index contributed by atoms with van der Waals surface area (Å²) in [4.78, 5) is 16.8. The molecule has 30 heavy (non-hydrogen) atoms. The first-order chi connectivity index (χ1) is 14.7. The molecular formula is C23H30N4O3. The van der Waals surface area contributed by atoms with Gasteiger partial charge in [-0.3, -0.25) is 4.79 Å². The highest BCUT2D eigenvalue weighted by Crippen LogP contribution is 2.32. The van der Waals surface area contributed by atoms with Crippen molar-refractivity contribution in [3.8, 4) is 11.5 Å². The summed E-state index contributed by atoms with van der Waals surface area (Å²) in [6.45, 7) is 7.05. The molecule has 0 aliphatic carbocycles. The van der Waals surface area contributed by atoms with E-state index in [1.165, 1.54) is 5.56 Å². The van der Waals surface area contributed by atoms with Crippen LogP contribution in [0, 0.1) is 0 Å².